The summed E-state index contributed by atoms with van der Waals surface area (Å²) >= 11 is 1.58. The number of aliphatic imine (C=N–C) groups is 1. The van der Waals surface area contributed by atoms with Gasteiger partial charge in [-0.2, -0.15) is 0 Å². The highest BCUT2D eigenvalue weighted by Crippen LogP contribution is 2.20. The maximum Gasteiger partial charge on any atom is 0.274 e. The zero-order valence-corrected chi connectivity index (χ0v) is 13.4. The number of pyridine rings is 1. The van der Waals surface area contributed by atoms with Gasteiger partial charge in [0.25, 0.3) is 5.91 Å². The molecule has 0 bridgehead atoms. The van der Waals surface area contributed by atoms with Crippen molar-refractivity contribution in [2.45, 2.75) is 6.54 Å². The van der Waals surface area contributed by atoms with E-state index in [1.54, 1.807) is 29.8 Å². The van der Waals surface area contributed by atoms with Crippen molar-refractivity contribution in [1.82, 2.24) is 20.6 Å². The standard InChI is InChI=1S/C17H13N5OS/c23-16-14(6-11-3-4-13-15(7-11)24-10-20-13)21-17(22-16)19-9-12-2-1-5-18-8-12/h1-8,10H,9H2,(H2,19,21,22,23)/b14-6-. The highest BCUT2D eigenvalue weighted by molar-refractivity contribution is 7.16. The normalized spacial score (nSPS) is 17.4. The van der Waals surface area contributed by atoms with E-state index >= 15 is 0 Å². The van der Waals surface area contributed by atoms with E-state index in [1.165, 1.54) is 0 Å². The molecule has 3 aromatic rings. The van der Waals surface area contributed by atoms with Crippen LogP contribution in [0.3, 0.4) is 0 Å². The molecule has 1 aromatic carbocycles. The summed E-state index contributed by atoms with van der Waals surface area (Å²) in [5.74, 6) is 0.262. The van der Waals surface area contributed by atoms with Gasteiger partial charge < -0.3 is 5.32 Å². The van der Waals surface area contributed by atoms with Crippen LogP contribution in [0.1, 0.15) is 11.1 Å². The molecule has 1 aliphatic heterocycles. The second-order valence-electron chi connectivity index (χ2n) is 5.24. The summed E-state index contributed by atoms with van der Waals surface area (Å²) < 4.78 is 1.09. The Balaban J connectivity index is 1.53. The van der Waals surface area contributed by atoms with Crippen molar-refractivity contribution >= 4 is 39.5 Å². The van der Waals surface area contributed by atoms with Crippen molar-refractivity contribution < 1.29 is 4.79 Å². The van der Waals surface area contributed by atoms with Gasteiger partial charge in [0.05, 0.1) is 22.3 Å². The largest absolute Gasteiger partial charge is 0.321 e. The minimum atomic E-state index is -0.190. The molecule has 6 nitrogen and oxygen atoms in total. The highest BCUT2D eigenvalue weighted by Gasteiger charge is 2.21. The third kappa shape index (κ3) is 3.02. The van der Waals surface area contributed by atoms with Crippen LogP contribution in [0.15, 0.2) is 58.9 Å². The van der Waals surface area contributed by atoms with E-state index in [0.717, 1.165) is 21.3 Å². The number of carbonyl (C=O) groups is 1. The summed E-state index contributed by atoms with van der Waals surface area (Å²) in [5.41, 5.74) is 5.17. The molecule has 2 N–H and O–H groups in total. The van der Waals surface area contributed by atoms with Crippen LogP contribution in [0.25, 0.3) is 16.3 Å². The molecule has 24 heavy (non-hydrogen) atoms. The number of benzene rings is 1. The quantitative estimate of drug-likeness (QED) is 0.720. The molecule has 7 heteroatoms. The fraction of sp³-hybridized carbons (Fsp3) is 0.0588. The second kappa shape index (κ2) is 6.21. The molecule has 4 rings (SSSR count). The Morgan fingerprint density at radius 1 is 1.25 bits per heavy atom. The number of amides is 1. The Morgan fingerprint density at radius 2 is 2.21 bits per heavy atom. The lowest BCUT2D eigenvalue weighted by atomic mass is 10.2. The molecule has 1 fully saturated rings. The molecule has 1 amide bonds. The van der Waals surface area contributed by atoms with Crippen LogP contribution in [0.2, 0.25) is 0 Å². The van der Waals surface area contributed by atoms with Crippen LogP contribution in [0, 0.1) is 0 Å². The van der Waals surface area contributed by atoms with Gasteiger partial charge in [-0.1, -0.05) is 12.1 Å². The molecule has 0 atom stereocenters. The van der Waals surface area contributed by atoms with Gasteiger partial charge in [0.15, 0.2) is 0 Å². The van der Waals surface area contributed by atoms with Gasteiger partial charge in [0.1, 0.15) is 5.70 Å². The van der Waals surface area contributed by atoms with Gasteiger partial charge in [0, 0.05) is 12.4 Å². The average Bonchev–Trinajstić information content (AvgIpc) is 3.20. The predicted molar refractivity (Wildman–Crippen MR) is 94.3 cm³/mol. The minimum Gasteiger partial charge on any atom is -0.321 e. The maximum absolute atomic E-state index is 12.1. The predicted octanol–water partition coefficient (Wildman–Crippen LogP) is 2.31. The maximum atomic E-state index is 12.1. The molecular formula is C17H13N5OS. The number of aromatic nitrogens is 2. The minimum absolute atomic E-state index is 0.190. The van der Waals surface area contributed by atoms with Crippen LogP contribution in [0.5, 0.6) is 0 Å². The second-order valence-corrected chi connectivity index (χ2v) is 6.13. The van der Waals surface area contributed by atoms with Gasteiger partial charge >= 0.3 is 0 Å². The van der Waals surface area contributed by atoms with E-state index in [-0.39, 0.29) is 5.91 Å². The lowest BCUT2D eigenvalue weighted by Gasteiger charge is -1.99. The van der Waals surface area contributed by atoms with Gasteiger partial charge in [0.2, 0.25) is 5.96 Å². The summed E-state index contributed by atoms with van der Waals surface area (Å²) in [6, 6.07) is 9.70. The first-order chi connectivity index (χ1) is 11.8. The van der Waals surface area contributed by atoms with E-state index in [4.69, 9.17) is 0 Å². The van der Waals surface area contributed by atoms with Crippen LogP contribution < -0.4 is 10.6 Å². The first-order valence-corrected chi connectivity index (χ1v) is 8.22. The number of guanidine groups is 1. The van der Waals surface area contributed by atoms with Crippen molar-refractivity contribution in [3.8, 4) is 0 Å². The van der Waals surface area contributed by atoms with Gasteiger partial charge in [-0.05, 0) is 35.4 Å². The molecule has 0 saturated carbocycles. The molecule has 1 saturated heterocycles. The molecule has 118 valence electrons. The monoisotopic (exact) mass is 335 g/mol. The number of hydrogen-bond donors (Lipinski definition) is 2. The van der Waals surface area contributed by atoms with Crippen LogP contribution >= 0.6 is 11.3 Å². The number of thiazole rings is 1. The number of rotatable bonds is 3. The Kier molecular flexibility index (Phi) is 3.76. The molecule has 2 aromatic heterocycles. The Labute approximate surface area is 142 Å². The average molecular weight is 335 g/mol. The number of nitrogens with one attached hydrogen (secondary N) is 2. The van der Waals surface area contributed by atoms with E-state index < -0.39 is 0 Å². The summed E-state index contributed by atoms with van der Waals surface area (Å²) in [6.45, 7) is 0.455. The summed E-state index contributed by atoms with van der Waals surface area (Å²) in [4.78, 5) is 24.7. The number of hydrogen-bond acceptors (Lipinski definition) is 5. The SMILES string of the molecule is O=C1NC(=NCc2cccnc2)N/C1=C\c1ccc2ncsc2c1. The molecular weight excluding hydrogens is 322 g/mol. The first-order valence-electron chi connectivity index (χ1n) is 7.34. The fourth-order valence-corrected chi connectivity index (χ4v) is 3.09. The smallest absolute Gasteiger partial charge is 0.274 e. The molecule has 1 aliphatic rings. The Hall–Kier alpha value is -3.06. The Morgan fingerprint density at radius 3 is 3.08 bits per heavy atom. The van der Waals surface area contributed by atoms with Crippen LogP contribution in [0.4, 0.5) is 0 Å². The zero-order chi connectivity index (χ0) is 16.4. The summed E-state index contributed by atoms with van der Waals surface area (Å²) in [6.07, 6.45) is 5.27. The lowest BCUT2D eigenvalue weighted by Crippen LogP contribution is -2.25. The third-order valence-corrected chi connectivity index (χ3v) is 4.33. The highest BCUT2D eigenvalue weighted by atomic mass is 32.1. The van der Waals surface area contributed by atoms with Crippen molar-refractivity contribution in [1.29, 1.82) is 0 Å². The number of carbonyl (C=O) groups excluding carboxylic acids is 1. The lowest BCUT2D eigenvalue weighted by molar-refractivity contribution is -0.115. The number of fused-ring (bicyclic) bond motifs is 1. The fourth-order valence-electron chi connectivity index (χ4n) is 2.36. The van der Waals surface area contributed by atoms with Gasteiger partial charge in [-0.3, -0.25) is 15.1 Å². The number of nitrogens with zero attached hydrogens (tertiary/aromatic N) is 3. The molecule has 0 aliphatic carbocycles. The molecule has 3 heterocycles. The topological polar surface area (TPSA) is 79.3 Å². The van der Waals surface area contributed by atoms with E-state index in [1.807, 2.05) is 35.8 Å². The Bertz CT molecular complexity index is 961. The van der Waals surface area contributed by atoms with Gasteiger partial charge in [-0.15, -0.1) is 11.3 Å². The third-order valence-electron chi connectivity index (χ3n) is 3.54. The van der Waals surface area contributed by atoms with Crippen molar-refractivity contribution in [3.05, 3.63) is 65.1 Å². The van der Waals surface area contributed by atoms with Crippen molar-refractivity contribution in [2.75, 3.05) is 0 Å². The summed E-state index contributed by atoms with van der Waals surface area (Å²) in [7, 11) is 0. The van der Waals surface area contributed by atoms with E-state index in [2.05, 4.69) is 25.6 Å². The van der Waals surface area contributed by atoms with E-state index in [9.17, 15) is 4.79 Å². The zero-order valence-electron chi connectivity index (χ0n) is 12.6. The van der Waals surface area contributed by atoms with Crippen molar-refractivity contribution in [3.63, 3.8) is 0 Å². The van der Waals surface area contributed by atoms with E-state index in [0.29, 0.717) is 18.2 Å². The van der Waals surface area contributed by atoms with Crippen molar-refractivity contribution in [2.24, 2.45) is 4.99 Å². The molecule has 0 unspecified atom stereocenters. The van der Waals surface area contributed by atoms with Crippen LogP contribution in [-0.4, -0.2) is 21.8 Å². The van der Waals surface area contributed by atoms with Gasteiger partial charge in [-0.25, -0.2) is 9.98 Å². The molecule has 0 radical (unpaired) electrons. The first kappa shape index (κ1) is 14.5. The molecule has 0 spiro atoms. The van der Waals surface area contributed by atoms with Crippen LogP contribution in [-0.2, 0) is 11.3 Å². The summed E-state index contributed by atoms with van der Waals surface area (Å²) in [5, 5.41) is 5.75.